The molecular formula is C19H26N6O3. The summed E-state index contributed by atoms with van der Waals surface area (Å²) in [5.41, 5.74) is 0.378. The van der Waals surface area contributed by atoms with Gasteiger partial charge in [-0.2, -0.15) is 0 Å². The van der Waals surface area contributed by atoms with Gasteiger partial charge in [-0.15, -0.1) is 0 Å². The molecule has 1 atom stereocenters. The molecule has 0 spiro atoms. The number of rotatable bonds is 5. The van der Waals surface area contributed by atoms with Crippen LogP contribution in [-0.2, 0) is 11.3 Å². The predicted octanol–water partition coefficient (Wildman–Crippen LogP) is 1.04. The summed E-state index contributed by atoms with van der Waals surface area (Å²) in [7, 11) is 0. The Bertz CT molecular complexity index is 775. The minimum Gasteiger partial charge on any atom is -0.447 e. The Morgan fingerprint density at radius 2 is 1.96 bits per heavy atom. The molecule has 0 N–H and O–H groups in total. The third-order valence-electron chi connectivity index (χ3n) is 5.22. The third kappa shape index (κ3) is 4.31. The highest BCUT2D eigenvalue weighted by atomic mass is 16.5. The van der Waals surface area contributed by atoms with Gasteiger partial charge in [0.2, 0.25) is 11.8 Å². The number of amides is 1. The Morgan fingerprint density at radius 1 is 1.18 bits per heavy atom. The zero-order valence-electron chi connectivity index (χ0n) is 16.2. The van der Waals surface area contributed by atoms with Gasteiger partial charge in [0.25, 0.3) is 5.91 Å². The van der Waals surface area contributed by atoms with Crippen LogP contribution >= 0.6 is 0 Å². The van der Waals surface area contributed by atoms with Gasteiger partial charge < -0.3 is 19.0 Å². The molecule has 28 heavy (non-hydrogen) atoms. The molecule has 2 aromatic rings. The van der Waals surface area contributed by atoms with Gasteiger partial charge in [-0.3, -0.25) is 9.69 Å². The minimum absolute atomic E-state index is 0.0807. The number of nitrogens with zero attached hydrogens (tertiary/aromatic N) is 6. The normalized spacial score (nSPS) is 21.1. The number of aromatic nitrogens is 3. The van der Waals surface area contributed by atoms with Crippen LogP contribution in [0, 0.1) is 0 Å². The van der Waals surface area contributed by atoms with Crippen molar-refractivity contribution < 1.29 is 13.9 Å². The molecule has 2 aromatic heterocycles. The van der Waals surface area contributed by atoms with Crippen LogP contribution in [0.4, 0.5) is 5.95 Å². The number of ether oxygens (including phenoxy) is 1. The van der Waals surface area contributed by atoms with Gasteiger partial charge in [-0.05, 0) is 12.5 Å². The van der Waals surface area contributed by atoms with E-state index in [4.69, 9.17) is 9.15 Å². The van der Waals surface area contributed by atoms with Crippen molar-refractivity contribution in [3.05, 3.63) is 36.3 Å². The van der Waals surface area contributed by atoms with Gasteiger partial charge in [-0.1, -0.05) is 6.92 Å². The lowest BCUT2D eigenvalue weighted by Crippen LogP contribution is -2.46. The summed E-state index contributed by atoms with van der Waals surface area (Å²) < 4.78 is 11.2. The zero-order valence-corrected chi connectivity index (χ0v) is 16.2. The zero-order chi connectivity index (χ0) is 19.3. The van der Waals surface area contributed by atoms with Crippen molar-refractivity contribution >= 4 is 11.9 Å². The third-order valence-corrected chi connectivity index (χ3v) is 5.22. The quantitative estimate of drug-likeness (QED) is 0.753. The summed E-state index contributed by atoms with van der Waals surface area (Å²) >= 11 is 0. The van der Waals surface area contributed by atoms with Gasteiger partial charge in [-0.25, -0.2) is 15.0 Å². The topological polar surface area (TPSA) is 87.8 Å². The van der Waals surface area contributed by atoms with E-state index < -0.39 is 0 Å². The fourth-order valence-corrected chi connectivity index (χ4v) is 3.55. The Hall–Kier alpha value is -2.52. The highest BCUT2D eigenvalue weighted by Gasteiger charge is 2.27. The maximum absolute atomic E-state index is 12.7. The Kier molecular flexibility index (Phi) is 5.82. The Balaban J connectivity index is 1.30. The summed E-state index contributed by atoms with van der Waals surface area (Å²) in [4.78, 5) is 32.0. The molecule has 0 bridgehead atoms. The Morgan fingerprint density at radius 3 is 2.71 bits per heavy atom. The lowest BCUT2D eigenvalue weighted by Gasteiger charge is -2.33. The Labute approximate surface area is 164 Å². The molecule has 1 amide bonds. The fraction of sp³-hybridized carbons (Fsp3) is 0.579. The molecule has 4 rings (SSSR count). The van der Waals surface area contributed by atoms with Gasteiger partial charge in [0.15, 0.2) is 5.69 Å². The van der Waals surface area contributed by atoms with Crippen LogP contribution < -0.4 is 4.90 Å². The van der Waals surface area contributed by atoms with E-state index in [1.807, 2.05) is 6.07 Å². The molecule has 0 radical (unpaired) electrons. The van der Waals surface area contributed by atoms with Crippen molar-refractivity contribution in [3.63, 3.8) is 0 Å². The molecule has 4 heterocycles. The molecule has 2 saturated heterocycles. The van der Waals surface area contributed by atoms with E-state index in [0.29, 0.717) is 37.8 Å². The number of piperazine rings is 1. The maximum Gasteiger partial charge on any atom is 0.275 e. The van der Waals surface area contributed by atoms with E-state index in [-0.39, 0.29) is 12.0 Å². The smallest absolute Gasteiger partial charge is 0.275 e. The van der Waals surface area contributed by atoms with Gasteiger partial charge >= 0.3 is 0 Å². The molecule has 0 saturated carbocycles. The predicted molar refractivity (Wildman–Crippen MR) is 102 cm³/mol. The van der Waals surface area contributed by atoms with E-state index in [0.717, 1.165) is 38.5 Å². The monoisotopic (exact) mass is 386 g/mol. The number of oxazole rings is 1. The first kappa shape index (κ1) is 18.8. The fourth-order valence-electron chi connectivity index (χ4n) is 3.55. The van der Waals surface area contributed by atoms with Crippen LogP contribution in [0.15, 0.2) is 29.1 Å². The van der Waals surface area contributed by atoms with Crippen molar-refractivity contribution in [1.82, 2.24) is 24.8 Å². The molecule has 9 nitrogen and oxygen atoms in total. The SMILES string of the molecule is CC[C@H]1CN(C(=O)c2coc(CN3CCN(c4ncccn4)CC3)n2)CCO1. The first-order chi connectivity index (χ1) is 13.7. The van der Waals surface area contributed by atoms with Crippen LogP contribution in [0.1, 0.15) is 29.7 Å². The second kappa shape index (κ2) is 8.66. The standard InChI is InChI=1S/C19H26N6O3/c1-2-15-12-25(10-11-27-15)18(26)16-14-28-17(22-16)13-23-6-8-24(9-7-23)19-20-4-3-5-21-19/h3-5,14-15H,2,6-13H2,1H3/t15-/m0/s1. The van der Waals surface area contributed by atoms with Crippen molar-refractivity contribution in [1.29, 1.82) is 0 Å². The van der Waals surface area contributed by atoms with E-state index >= 15 is 0 Å². The largest absolute Gasteiger partial charge is 0.447 e. The molecule has 0 unspecified atom stereocenters. The van der Waals surface area contributed by atoms with E-state index in [2.05, 4.69) is 31.7 Å². The lowest BCUT2D eigenvalue weighted by molar-refractivity contribution is -0.0228. The summed E-state index contributed by atoms with van der Waals surface area (Å²) in [5, 5.41) is 0. The van der Waals surface area contributed by atoms with Crippen LogP contribution in [-0.4, -0.2) is 82.6 Å². The maximum atomic E-state index is 12.7. The van der Waals surface area contributed by atoms with E-state index in [9.17, 15) is 4.79 Å². The van der Waals surface area contributed by atoms with Crippen LogP contribution in [0.5, 0.6) is 0 Å². The lowest BCUT2D eigenvalue weighted by atomic mass is 10.2. The van der Waals surface area contributed by atoms with Crippen LogP contribution in [0.3, 0.4) is 0 Å². The van der Waals surface area contributed by atoms with Crippen molar-refractivity contribution in [3.8, 4) is 0 Å². The van der Waals surface area contributed by atoms with Crippen LogP contribution in [0.25, 0.3) is 0 Å². The molecule has 150 valence electrons. The number of hydrogen-bond acceptors (Lipinski definition) is 8. The average Bonchev–Trinajstić information content (AvgIpc) is 3.23. The van der Waals surface area contributed by atoms with Gasteiger partial charge in [0, 0.05) is 51.7 Å². The van der Waals surface area contributed by atoms with Gasteiger partial charge in [0.1, 0.15) is 6.26 Å². The molecule has 0 aromatic carbocycles. The van der Waals surface area contributed by atoms with Crippen LogP contribution in [0.2, 0.25) is 0 Å². The number of hydrogen-bond donors (Lipinski definition) is 0. The number of morpholine rings is 1. The number of carbonyl (C=O) groups excluding carboxylic acids is 1. The first-order valence-corrected chi connectivity index (χ1v) is 9.82. The highest BCUT2D eigenvalue weighted by Crippen LogP contribution is 2.15. The molecule has 2 aliphatic heterocycles. The molecule has 2 fully saturated rings. The highest BCUT2D eigenvalue weighted by molar-refractivity contribution is 5.92. The summed E-state index contributed by atoms with van der Waals surface area (Å²) in [6.07, 6.45) is 6.00. The number of carbonyl (C=O) groups is 1. The minimum atomic E-state index is -0.0807. The van der Waals surface area contributed by atoms with E-state index in [1.165, 1.54) is 6.26 Å². The van der Waals surface area contributed by atoms with Crippen molar-refractivity contribution in [2.75, 3.05) is 50.8 Å². The molecular weight excluding hydrogens is 360 g/mol. The first-order valence-electron chi connectivity index (χ1n) is 9.82. The summed E-state index contributed by atoms with van der Waals surface area (Å²) in [6, 6.07) is 1.82. The van der Waals surface area contributed by atoms with E-state index in [1.54, 1.807) is 17.3 Å². The second-order valence-corrected chi connectivity index (χ2v) is 7.09. The van der Waals surface area contributed by atoms with Gasteiger partial charge in [0.05, 0.1) is 19.3 Å². The average molecular weight is 386 g/mol. The molecule has 9 heteroatoms. The second-order valence-electron chi connectivity index (χ2n) is 7.09. The molecule has 2 aliphatic rings. The summed E-state index contributed by atoms with van der Waals surface area (Å²) in [5.74, 6) is 1.26. The summed E-state index contributed by atoms with van der Waals surface area (Å²) in [6.45, 7) is 7.88. The molecule has 0 aliphatic carbocycles. The van der Waals surface area contributed by atoms with Crippen molar-refractivity contribution in [2.45, 2.75) is 26.0 Å². The van der Waals surface area contributed by atoms with Crippen molar-refractivity contribution in [2.24, 2.45) is 0 Å². The number of anilines is 1.